The van der Waals surface area contributed by atoms with Gasteiger partial charge in [-0.1, -0.05) is 0 Å². The zero-order valence-corrected chi connectivity index (χ0v) is 15.9. The van der Waals surface area contributed by atoms with Crippen molar-refractivity contribution in [2.45, 2.75) is 58.4 Å². The van der Waals surface area contributed by atoms with Crippen LogP contribution in [0.1, 0.15) is 60.0 Å². The van der Waals surface area contributed by atoms with Gasteiger partial charge in [0.25, 0.3) is 5.91 Å². The fourth-order valence-corrected chi connectivity index (χ4v) is 6.65. The molecule has 4 aliphatic rings. The van der Waals surface area contributed by atoms with Crippen molar-refractivity contribution >= 4 is 23.2 Å². The average molecular weight is 362 g/mol. The number of hydrogen-bond donors (Lipinski definition) is 1. The van der Waals surface area contributed by atoms with Crippen LogP contribution in [0.4, 0.5) is 0 Å². The van der Waals surface area contributed by atoms with Crippen LogP contribution >= 0.6 is 11.3 Å². The SMILES string of the molecule is Cc1ccc(C(=O)OCC(=O)NC(C)C23CC4CC(CC(C4)C2)C3)s1. The summed E-state index contributed by atoms with van der Waals surface area (Å²) in [7, 11) is 0. The molecule has 0 saturated heterocycles. The largest absolute Gasteiger partial charge is 0.451 e. The van der Waals surface area contributed by atoms with Gasteiger partial charge in [-0.2, -0.15) is 0 Å². The Morgan fingerprint density at radius 1 is 1.20 bits per heavy atom. The maximum absolute atomic E-state index is 12.3. The van der Waals surface area contributed by atoms with Crippen molar-refractivity contribution in [3.8, 4) is 0 Å². The molecule has 0 aliphatic heterocycles. The minimum Gasteiger partial charge on any atom is -0.451 e. The zero-order valence-electron chi connectivity index (χ0n) is 15.0. The van der Waals surface area contributed by atoms with E-state index in [0.717, 1.165) is 22.6 Å². The maximum Gasteiger partial charge on any atom is 0.348 e. The highest BCUT2D eigenvalue weighted by molar-refractivity contribution is 7.13. The molecule has 4 aliphatic carbocycles. The van der Waals surface area contributed by atoms with Crippen molar-refractivity contribution < 1.29 is 14.3 Å². The zero-order chi connectivity index (χ0) is 17.6. The molecule has 1 aromatic heterocycles. The van der Waals surface area contributed by atoms with Crippen LogP contribution in [0.15, 0.2) is 12.1 Å². The minimum absolute atomic E-state index is 0.163. The van der Waals surface area contributed by atoms with Gasteiger partial charge < -0.3 is 10.1 Å². The van der Waals surface area contributed by atoms with Crippen molar-refractivity contribution in [1.82, 2.24) is 5.32 Å². The van der Waals surface area contributed by atoms with E-state index in [9.17, 15) is 9.59 Å². The van der Waals surface area contributed by atoms with Gasteiger partial charge in [-0.05, 0) is 87.7 Å². The Bertz CT molecular complexity index is 645. The lowest BCUT2D eigenvalue weighted by atomic mass is 9.48. The topological polar surface area (TPSA) is 55.4 Å². The third-order valence-electron chi connectivity index (χ3n) is 6.66. The van der Waals surface area contributed by atoms with Crippen LogP contribution in [0, 0.1) is 30.1 Å². The lowest BCUT2D eigenvalue weighted by Crippen LogP contribution is -2.56. The summed E-state index contributed by atoms with van der Waals surface area (Å²) >= 11 is 1.39. The standard InChI is InChI=1S/C20H27NO3S/c1-12-3-4-17(25-12)19(23)24-11-18(22)21-13(2)20-8-14-5-15(9-20)7-16(6-14)10-20/h3-4,13-16H,5-11H2,1-2H3,(H,21,22). The number of thiophene rings is 1. The molecule has 0 spiro atoms. The number of carbonyl (C=O) groups excluding carboxylic acids is 2. The fraction of sp³-hybridized carbons (Fsp3) is 0.700. The number of nitrogens with one attached hydrogen (secondary N) is 1. The molecule has 1 N–H and O–H groups in total. The van der Waals surface area contributed by atoms with Crippen molar-refractivity contribution in [2.75, 3.05) is 6.61 Å². The Kier molecular flexibility index (Phi) is 4.38. The molecule has 4 fully saturated rings. The first-order valence-electron chi connectivity index (χ1n) is 9.46. The molecular weight excluding hydrogens is 334 g/mol. The second-order valence-corrected chi connectivity index (χ2v) is 9.84. The first-order valence-corrected chi connectivity index (χ1v) is 10.3. The van der Waals surface area contributed by atoms with Gasteiger partial charge in [0, 0.05) is 10.9 Å². The van der Waals surface area contributed by atoms with E-state index < -0.39 is 5.97 Å². The molecular formula is C20H27NO3S. The van der Waals surface area contributed by atoms with Gasteiger partial charge in [-0.15, -0.1) is 11.3 Å². The van der Waals surface area contributed by atoms with Crippen LogP contribution in [-0.2, 0) is 9.53 Å². The third kappa shape index (κ3) is 3.35. The molecule has 1 amide bonds. The van der Waals surface area contributed by atoms with Crippen LogP contribution in [0.25, 0.3) is 0 Å². The lowest BCUT2D eigenvalue weighted by Gasteiger charge is -2.59. The Labute approximate surface area is 153 Å². The molecule has 0 aromatic carbocycles. The van der Waals surface area contributed by atoms with Crippen LogP contribution in [0.5, 0.6) is 0 Å². The van der Waals surface area contributed by atoms with Crippen LogP contribution in [0.3, 0.4) is 0 Å². The summed E-state index contributed by atoms with van der Waals surface area (Å²) < 4.78 is 5.18. The van der Waals surface area contributed by atoms with E-state index in [2.05, 4.69) is 12.2 Å². The van der Waals surface area contributed by atoms with E-state index in [0.29, 0.717) is 4.88 Å². The van der Waals surface area contributed by atoms with Gasteiger partial charge in [0.2, 0.25) is 0 Å². The lowest BCUT2D eigenvalue weighted by molar-refractivity contribution is -0.128. The van der Waals surface area contributed by atoms with Crippen molar-refractivity contribution in [2.24, 2.45) is 23.2 Å². The molecule has 4 saturated carbocycles. The monoisotopic (exact) mass is 361 g/mol. The van der Waals surface area contributed by atoms with Crippen molar-refractivity contribution in [1.29, 1.82) is 0 Å². The highest BCUT2D eigenvalue weighted by atomic mass is 32.1. The molecule has 1 heterocycles. The van der Waals surface area contributed by atoms with Crippen molar-refractivity contribution in [3.63, 3.8) is 0 Å². The molecule has 1 aromatic rings. The highest BCUT2D eigenvalue weighted by Gasteiger charge is 2.53. The smallest absolute Gasteiger partial charge is 0.348 e. The Hall–Kier alpha value is -1.36. The quantitative estimate of drug-likeness (QED) is 0.809. The predicted molar refractivity (Wildman–Crippen MR) is 97.5 cm³/mol. The van der Waals surface area contributed by atoms with E-state index >= 15 is 0 Å². The van der Waals surface area contributed by atoms with E-state index in [1.165, 1.54) is 49.9 Å². The van der Waals surface area contributed by atoms with E-state index in [1.54, 1.807) is 6.07 Å². The molecule has 25 heavy (non-hydrogen) atoms. The van der Waals surface area contributed by atoms with Crippen LogP contribution < -0.4 is 5.32 Å². The molecule has 1 unspecified atom stereocenters. The molecule has 1 atom stereocenters. The molecule has 0 radical (unpaired) electrons. The molecule has 136 valence electrons. The first-order chi connectivity index (χ1) is 11.9. The normalized spacial score (nSPS) is 33.9. The molecule has 5 rings (SSSR count). The van der Waals surface area contributed by atoms with Gasteiger partial charge in [0.1, 0.15) is 4.88 Å². The Morgan fingerprint density at radius 3 is 2.32 bits per heavy atom. The molecule has 4 nitrogen and oxygen atoms in total. The first kappa shape index (κ1) is 17.1. The van der Waals surface area contributed by atoms with Gasteiger partial charge in [0.15, 0.2) is 6.61 Å². The summed E-state index contributed by atoms with van der Waals surface area (Å²) in [6.07, 6.45) is 7.98. The maximum atomic E-state index is 12.3. The van der Waals surface area contributed by atoms with Gasteiger partial charge in [-0.3, -0.25) is 4.79 Å². The summed E-state index contributed by atoms with van der Waals surface area (Å²) in [5, 5.41) is 3.14. The van der Waals surface area contributed by atoms with Crippen molar-refractivity contribution in [3.05, 3.63) is 21.9 Å². The summed E-state index contributed by atoms with van der Waals surface area (Å²) in [5.41, 5.74) is 0.277. The number of amides is 1. The number of esters is 1. The summed E-state index contributed by atoms with van der Waals surface area (Å²) in [6.45, 7) is 3.91. The number of rotatable bonds is 5. The third-order valence-corrected chi connectivity index (χ3v) is 7.64. The Morgan fingerprint density at radius 2 is 1.80 bits per heavy atom. The number of ether oxygens (including phenoxy) is 1. The molecule has 4 bridgehead atoms. The minimum atomic E-state index is -0.407. The Balaban J connectivity index is 1.31. The summed E-state index contributed by atoms with van der Waals surface area (Å²) in [4.78, 5) is 25.9. The number of carbonyl (C=O) groups is 2. The molecule has 5 heteroatoms. The van der Waals surface area contributed by atoms with E-state index in [1.807, 2.05) is 13.0 Å². The summed E-state index contributed by atoms with van der Waals surface area (Å²) in [5.74, 6) is 2.02. The fourth-order valence-electron chi connectivity index (χ4n) is 5.89. The van der Waals surface area contributed by atoms with Crippen LogP contribution in [0.2, 0.25) is 0 Å². The van der Waals surface area contributed by atoms with Gasteiger partial charge >= 0.3 is 5.97 Å². The summed E-state index contributed by atoms with van der Waals surface area (Å²) in [6, 6.07) is 3.80. The van der Waals surface area contributed by atoms with E-state index in [-0.39, 0.29) is 24.0 Å². The second-order valence-electron chi connectivity index (χ2n) is 8.56. The van der Waals surface area contributed by atoms with Crippen LogP contribution in [-0.4, -0.2) is 24.5 Å². The van der Waals surface area contributed by atoms with E-state index in [4.69, 9.17) is 4.74 Å². The van der Waals surface area contributed by atoms with Gasteiger partial charge in [-0.25, -0.2) is 4.79 Å². The number of hydrogen-bond acceptors (Lipinski definition) is 4. The predicted octanol–water partition coefficient (Wildman–Crippen LogP) is 3.93. The van der Waals surface area contributed by atoms with Gasteiger partial charge in [0.05, 0.1) is 0 Å². The average Bonchev–Trinajstić information content (AvgIpc) is 2.98. The highest BCUT2D eigenvalue weighted by Crippen LogP contribution is 2.61. The second kappa shape index (κ2) is 6.42. The number of aryl methyl sites for hydroxylation is 1.